The van der Waals surface area contributed by atoms with Gasteiger partial charge in [0.1, 0.15) is 0 Å². The van der Waals surface area contributed by atoms with Crippen molar-refractivity contribution in [1.82, 2.24) is 9.80 Å². The van der Waals surface area contributed by atoms with Gasteiger partial charge < -0.3 is 14.9 Å². The minimum atomic E-state index is 0.0257. The third kappa shape index (κ3) is 4.28. The molecule has 1 atom stereocenters. The molecule has 1 amide bonds. The number of nitrogens with zero attached hydrogens (tertiary/aromatic N) is 2. The van der Waals surface area contributed by atoms with Gasteiger partial charge in [-0.05, 0) is 26.3 Å². The van der Waals surface area contributed by atoms with Crippen molar-refractivity contribution in [2.75, 3.05) is 39.8 Å². The molecule has 1 aliphatic rings. The van der Waals surface area contributed by atoms with Gasteiger partial charge in [-0.15, -0.1) is 0 Å². The summed E-state index contributed by atoms with van der Waals surface area (Å²) in [5.41, 5.74) is 0.0257. The maximum absolute atomic E-state index is 11.7. The van der Waals surface area contributed by atoms with Crippen LogP contribution in [0, 0.1) is 5.41 Å². The third-order valence-electron chi connectivity index (χ3n) is 3.78. The van der Waals surface area contributed by atoms with Gasteiger partial charge in [-0.3, -0.25) is 4.79 Å². The molecule has 1 N–H and O–H groups in total. The molecule has 17 heavy (non-hydrogen) atoms. The van der Waals surface area contributed by atoms with Crippen molar-refractivity contribution >= 4 is 5.91 Å². The molecule has 0 aromatic rings. The summed E-state index contributed by atoms with van der Waals surface area (Å²) in [6, 6.07) is 0. The van der Waals surface area contributed by atoms with Crippen LogP contribution in [0.3, 0.4) is 0 Å². The predicted octanol–water partition coefficient (Wildman–Crippen LogP) is 0.949. The second-order valence-corrected chi connectivity index (χ2v) is 5.51. The molecule has 0 aliphatic carbocycles. The van der Waals surface area contributed by atoms with Gasteiger partial charge in [0.15, 0.2) is 0 Å². The molecule has 100 valence electrons. The smallest absolute Gasteiger partial charge is 0.223 e. The first-order chi connectivity index (χ1) is 8.00. The van der Waals surface area contributed by atoms with Crippen LogP contribution in [0.5, 0.6) is 0 Å². The molecule has 4 heteroatoms. The van der Waals surface area contributed by atoms with Crippen LogP contribution in [0.15, 0.2) is 0 Å². The van der Waals surface area contributed by atoms with Crippen LogP contribution in [-0.2, 0) is 4.79 Å². The van der Waals surface area contributed by atoms with Crippen LogP contribution in [-0.4, -0.2) is 60.6 Å². The van der Waals surface area contributed by atoms with Crippen molar-refractivity contribution < 1.29 is 9.90 Å². The molecule has 0 bridgehead atoms. The van der Waals surface area contributed by atoms with Crippen LogP contribution in [0.2, 0.25) is 0 Å². The number of hydrogen-bond acceptors (Lipinski definition) is 3. The lowest BCUT2D eigenvalue weighted by molar-refractivity contribution is -0.130. The molecular weight excluding hydrogens is 216 g/mol. The van der Waals surface area contributed by atoms with E-state index >= 15 is 0 Å². The average Bonchev–Trinajstić information content (AvgIpc) is 2.35. The van der Waals surface area contributed by atoms with E-state index in [0.717, 1.165) is 39.0 Å². The van der Waals surface area contributed by atoms with Crippen molar-refractivity contribution in [3.8, 4) is 0 Å². The normalized spacial score (nSPS) is 25.9. The first-order valence-corrected chi connectivity index (χ1v) is 6.58. The van der Waals surface area contributed by atoms with Gasteiger partial charge in [-0.25, -0.2) is 0 Å². The zero-order valence-electron chi connectivity index (χ0n) is 11.4. The minimum absolute atomic E-state index is 0.0257. The molecule has 0 aromatic carbocycles. The van der Waals surface area contributed by atoms with Crippen LogP contribution >= 0.6 is 0 Å². The van der Waals surface area contributed by atoms with E-state index in [1.807, 2.05) is 14.0 Å². The van der Waals surface area contributed by atoms with Gasteiger partial charge in [0.2, 0.25) is 5.91 Å². The topological polar surface area (TPSA) is 43.8 Å². The number of piperidine rings is 1. The summed E-state index contributed by atoms with van der Waals surface area (Å²) in [6.45, 7) is 7.91. The van der Waals surface area contributed by atoms with Gasteiger partial charge in [-0.1, -0.05) is 6.92 Å². The molecular formula is C13H26N2O2. The monoisotopic (exact) mass is 242 g/mol. The number of likely N-dealkylation sites (tertiary alicyclic amines) is 1. The quantitative estimate of drug-likeness (QED) is 0.780. The Balaban J connectivity index is 2.35. The van der Waals surface area contributed by atoms with Crippen molar-refractivity contribution in [3.63, 3.8) is 0 Å². The summed E-state index contributed by atoms with van der Waals surface area (Å²) < 4.78 is 0. The molecule has 0 radical (unpaired) electrons. The number of amides is 1. The molecule has 0 spiro atoms. The SMILES string of the molecule is CCN(C)C(=O)CCN1CCCC(C)(CO)C1. The third-order valence-corrected chi connectivity index (χ3v) is 3.78. The molecule has 1 saturated heterocycles. The fraction of sp³-hybridized carbons (Fsp3) is 0.923. The van der Waals surface area contributed by atoms with E-state index < -0.39 is 0 Å². The Hall–Kier alpha value is -0.610. The van der Waals surface area contributed by atoms with Gasteiger partial charge in [0.05, 0.1) is 0 Å². The highest BCUT2D eigenvalue weighted by Crippen LogP contribution is 2.28. The van der Waals surface area contributed by atoms with E-state index in [4.69, 9.17) is 0 Å². The van der Waals surface area contributed by atoms with Gasteiger partial charge in [0.25, 0.3) is 0 Å². The van der Waals surface area contributed by atoms with Crippen molar-refractivity contribution in [1.29, 1.82) is 0 Å². The second kappa shape index (κ2) is 6.36. The molecule has 0 saturated carbocycles. The number of rotatable bonds is 5. The van der Waals surface area contributed by atoms with E-state index in [-0.39, 0.29) is 17.9 Å². The predicted molar refractivity (Wildman–Crippen MR) is 68.8 cm³/mol. The zero-order valence-corrected chi connectivity index (χ0v) is 11.4. The number of aliphatic hydroxyl groups is 1. The Labute approximate surface area is 105 Å². The zero-order chi connectivity index (χ0) is 12.9. The Morgan fingerprint density at radius 2 is 2.24 bits per heavy atom. The Morgan fingerprint density at radius 1 is 1.53 bits per heavy atom. The number of aliphatic hydroxyl groups excluding tert-OH is 1. The van der Waals surface area contributed by atoms with Gasteiger partial charge in [-0.2, -0.15) is 0 Å². The summed E-state index contributed by atoms with van der Waals surface area (Å²) in [6.07, 6.45) is 2.80. The molecule has 1 heterocycles. The lowest BCUT2D eigenvalue weighted by Gasteiger charge is -2.39. The summed E-state index contributed by atoms with van der Waals surface area (Å²) in [5.74, 6) is 0.212. The fourth-order valence-electron chi connectivity index (χ4n) is 2.37. The van der Waals surface area contributed by atoms with E-state index in [2.05, 4.69) is 11.8 Å². The summed E-state index contributed by atoms with van der Waals surface area (Å²) in [7, 11) is 1.84. The molecule has 4 nitrogen and oxygen atoms in total. The van der Waals surface area contributed by atoms with Crippen LogP contribution in [0.4, 0.5) is 0 Å². The molecule has 0 aromatic heterocycles. The minimum Gasteiger partial charge on any atom is -0.396 e. The van der Waals surface area contributed by atoms with Gasteiger partial charge >= 0.3 is 0 Å². The van der Waals surface area contributed by atoms with Crippen LogP contribution in [0.1, 0.15) is 33.1 Å². The summed E-state index contributed by atoms with van der Waals surface area (Å²) >= 11 is 0. The number of carbonyl (C=O) groups excluding carboxylic acids is 1. The van der Waals surface area contributed by atoms with Crippen LogP contribution in [0.25, 0.3) is 0 Å². The molecule has 1 aliphatic heterocycles. The summed E-state index contributed by atoms with van der Waals surface area (Å²) in [4.78, 5) is 15.8. The van der Waals surface area contributed by atoms with E-state index in [1.54, 1.807) is 4.90 Å². The molecule has 1 rings (SSSR count). The standard InChI is InChI=1S/C13H26N2O2/c1-4-14(3)12(17)6-9-15-8-5-7-13(2,10-15)11-16/h16H,4-11H2,1-3H3. The van der Waals surface area contributed by atoms with Crippen molar-refractivity contribution in [2.45, 2.75) is 33.1 Å². The highest BCUT2D eigenvalue weighted by Gasteiger charge is 2.30. The van der Waals surface area contributed by atoms with E-state index in [1.165, 1.54) is 0 Å². The molecule has 1 fully saturated rings. The lowest BCUT2D eigenvalue weighted by Crippen LogP contribution is -2.44. The fourth-order valence-corrected chi connectivity index (χ4v) is 2.37. The second-order valence-electron chi connectivity index (χ2n) is 5.51. The first-order valence-electron chi connectivity index (χ1n) is 6.58. The Kier molecular flexibility index (Phi) is 5.40. The Bertz CT molecular complexity index is 258. The van der Waals surface area contributed by atoms with E-state index in [0.29, 0.717) is 6.42 Å². The maximum atomic E-state index is 11.7. The molecule has 1 unspecified atom stereocenters. The highest BCUT2D eigenvalue weighted by atomic mass is 16.3. The maximum Gasteiger partial charge on any atom is 0.223 e. The van der Waals surface area contributed by atoms with Crippen molar-refractivity contribution in [3.05, 3.63) is 0 Å². The van der Waals surface area contributed by atoms with E-state index in [9.17, 15) is 9.90 Å². The van der Waals surface area contributed by atoms with Crippen LogP contribution < -0.4 is 0 Å². The highest BCUT2D eigenvalue weighted by molar-refractivity contribution is 5.75. The van der Waals surface area contributed by atoms with Crippen molar-refractivity contribution in [2.24, 2.45) is 5.41 Å². The first kappa shape index (κ1) is 14.5. The largest absolute Gasteiger partial charge is 0.396 e. The summed E-state index contributed by atoms with van der Waals surface area (Å²) in [5, 5.41) is 9.37. The number of carbonyl (C=O) groups is 1. The lowest BCUT2D eigenvalue weighted by atomic mass is 9.83. The average molecular weight is 242 g/mol. The van der Waals surface area contributed by atoms with Gasteiger partial charge in [0, 0.05) is 45.1 Å². The number of hydrogen-bond donors (Lipinski definition) is 1. The Morgan fingerprint density at radius 3 is 2.82 bits per heavy atom.